The van der Waals surface area contributed by atoms with E-state index in [1.165, 1.54) is 44.9 Å². The summed E-state index contributed by atoms with van der Waals surface area (Å²) in [6.45, 7) is 4.20. The first-order chi connectivity index (χ1) is 9.38. The van der Waals surface area contributed by atoms with Crippen molar-refractivity contribution >= 4 is 5.97 Å². The lowest BCUT2D eigenvalue weighted by atomic mass is 10.1. The molecule has 0 heterocycles. The summed E-state index contributed by atoms with van der Waals surface area (Å²) in [5.41, 5.74) is 0. The van der Waals surface area contributed by atoms with Crippen molar-refractivity contribution in [3.05, 3.63) is 0 Å². The fourth-order valence-corrected chi connectivity index (χ4v) is 1.99. The molecule has 0 saturated carbocycles. The van der Waals surface area contributed by atoms with Crippen LogP contribution in [0, 0.1) is 0 Å². The van der Waals surface area contributed by atoms with Gasteiger partial charge in [0.25, 0.3) is 0 Å². The highest BCUT2D eigenvalue weighted by Gasteiger charge is 2.21. The van der Waals surface area contributed by atoms with Gasteiger partial charge in [0.15, 0.2) is 0 Å². The molecule has 0 aromatic carbocycles. The van der Waals surface area contributed by atoms with Crippen molar-refractivity contribution in [2.75, 3.05) is 21.1 Å². The van der Waals surface area contributed by atoms with E-state index in [2.05, 4.69) is 6.92 Å². The Morgan fingerprint density at radius 2 is 1.33 bits per heavy atom. The molecule has 1 unspecified atom stereocenters. The molecule has 1 atom stereocenters. The van der Waals surface area contributed by atoms with Gasteiger partial charge in [0.2, 0.25) is 6.23 Å². The van der Waals surface area contributed by atoms with Gasteiger partial charge in [-0.1, -0.05) is 58.3 Å². The van der Waals surface area contributed by atoms with E-state index in [-0.39, 0.29) is 29.2 Å². The van der Waals surface area contributed by atoms with Crippen LogP contribution in [0.2, 0.25) is 0 Å². The van der Waals surface area contributed by atoms with Crippen molar-refractivity contribution in [1.29, 1.82) is 0 Å². The van der Waals surface area contributed by atoms with Crippen LogP contribution in [0.15, 0.2) is 0 Å². The van der Waals surface area contributed by atoms with Gasteiger partial charge in [0, 0.05) is 13.3 Å². The SMILES string of the molecule is CCCCCCCCCCCC(=O)OC(C)[N+](C)(C)C.[Br-]. The van der Waals surface area contributed by atoms with Gasteiger partial charge in [-0.15, -0.1) is 0 Å². The number of esters is 1. The zero-order chi connectivity index (χ0) is 15.4. The van der Waals surface area contributed by atoms with Gasteiger partial charge in [-0.05, 0) is 6.42 Å². The maximum atomic E-state index is 11.7. The van der Waals surface area contributed by atoms with Crippen LogP contribution in [0.3, 0.4) is 0 Å². The zero-order valence-corrected chi connectivity index (χ0v) is 16.4. The molecule has 0 aromatic heterocycles. The molecule has 0 aliphatic rings. The molecule has 0 radical (unpaired) electrons. The summed E-state index contributed by atoms with van der Waals surface area (Å²) in [6, 6.07) is 0. The first kappa shape index (κ1) is 23.2. The summed E-state index contributed by atoms with van der Waals surface area (Å²) in [5.74, 6) is -0.0477. The van der Waals surface area contributed by atoms with E-state index >= 15 is 0 Å². The summed E-state index contributed by atoms with van der Waals surface area (Å²) >= 11 is 0. The number of unbranched alkanes of at least 4 members (excludes halogenated alkanes) is 8. The summed E-state index contributed by atoms with van der Waals surface area (Å²) in [6.07, 6.45) is 12.0. The van der Waals surface area contributed by atoms with Crippen molar-refractivity contribution < 1.29 is 31.0 Å². The molecule has 0 saturated heterocycles. The quantitative estimate of drug-likeness (QED) is 0.227. The lowest BCUT2D eigenvalue weighted by Crippen LogP contribution is -3.00. The van der Waals surface area contributed by atoms with Crippen LogP contribution >= 0.6 is 0 Å². The molecular formula is C17H36BrNO2. The summed E-state index contributed by atoms with van der Waals surface area (Å²) in [7, 11) is 6.11. The number of rotatable bonds is 12. The molecule has 0 fully saturated rings. The highest BCUT2D eigenvalue weighted by atomic mass is 79.9. The Morgan fingerprint density at radius 1 is 0.905 bits per heavy atom. The van der Waals surface area contributed by atoms with Gasteiger partial charge >= 0.3 is 5.97 Å². The molecule has 0 aromatic rings. The van der Waals surface area contributed by atoms with Crippen LogP contribution in [0.1, 0.15) is 78.1 Å². The topological polar surface area (TPSA) is 26.3 Å². The molecule has 4 heteroatoms. The Morgan fingerprint density at radius 3 is 1.76 bits per heavy atom. The Kier molecular flexibility index (Phi) is 15.0. The van der Waals surface area contributed by atoms with Crippen LogP contribution in [0.25, 0.3) is 0 Å². The molecule has 0 aliphatic carbocycles. The monoisotopic (exact) mass is 365 g/mol. The number of hydrogen-bond donors (Lipinski definition) is 0. The molecule has 128 valence electrons. The maximum Gasteiger partial charge on any atom is 0.310 e. The third-order valence-corrected chi connectivity index (χ3v) is 3.88. The highest BCUT2D eigenvalue weighted by molar-refractivity contribution is 5.69. The van der Waals surface area contributed by atoms with E-state index in [1.54, 1.807) is 0 Å². The molecular weight excluding hydrogens is 330 g/mol. The summed E-state index contributed by atoms with van der Waals surface area (Å²) < 4.78 is 6.08. The summed E-state index contributed by atoms with van der Waals surface area (Å²) in [5, 5.41) is 0. The molecule has 3 nitrogen and oxygen atoms in total. The molecule has 0 bridgehead atoms. The molecule has 0 N–H and O–H groups in total. The fraction of sp³-hybridized carbons (Fsp3) is 0.941. The Hall–Kier alpha value is -0.0900. The van der Waals surface area contributed by atoms with Gasteiger partial charge < -0.3 is 21.7 Å². The van der Waals surface area contributed by atoms with Crippen molar-refractivity contribution in [2.24, 2.45) is 0 Å². The number of carbonyl (C=O) groups excluding carboxylic acids is 1. The Balaban J connectivity index is 0. The second kappa shape index (κ2) is 13.6. The van der Waals surface area contributed by atoms with Crippen molar-refractivity contribution in [1.82, 2.24) is 0 Å². The smallest absolute Gasteiger partial charge is 0.310 e. The summed E-state index contributed by atoms with van der Waals surface area (Å²) in [4.78, 5) is 11.7. The number of carbonyl (C=O) groups is 1. The van der Waals surface area contributed by atoms with E-state index in [9.17, 15) is 4.79 Å². The van der Waals surface area contributed by atoms with E-state index in [1.807, 2.05) is 28.1 Å². The molecule has 0 rings (SSSR count). The van der Waals surface area contributed by atoms with Crippen LogP contribution in [0.5, 0.6) is 0 Å². The minimum atomic E-state index is -0.0685. The number of ether oxygens (including phenoxy) is 1. The second-order valence-electron chi connectivity index (χ2n) is 6.78. The van der Waals surface area contributed by atoms with E-state index < -0.39 is 0 Å². The van der Waals surface area contributed by atoms with Crippen LogP contribution in [-0.2, 0) is 9.53 Å². The number of halogens is 1. The average Bonchev–Trinajstić information content (AvgIpc) is 2.35. The number of nitrogens with zero attached hydrogens (tertiary/aromatic N) is 1. The minimum absolute atomic E-state index is 0. The second-order valence-corrected chi connectivity index (χ2v) is 6.78. The van der Waals surface area contributed by atoms with Crippen LogP contribution < -0.4 is 17.0 Å². The highest BCUT2D eigenvalue weighted by Crippen LogP contribution is 2.12. The normalized spacial score (nSPS) is 12.6. The van der Waals surface area contributed by atoms with Crippen LogP contribution in [0.4, 0.5) is 0 Å². The number of quaternary nitrogens is 1. The first-order valence-electron chi connectivity index (χ1n) is 8.38. The minimum Gasteiger partial charge on any atom is -1.00 e. The Labute approximate surface area is 142 Å². The Bertz CT molecular complexity index is 252. The molecule has 21 heavy (non-hydrogen) atoms. The van der Waals surface area contributed by atoms with Crippen molar-refractivity contribution in [3.63, 3.8) is 0 Å². The first-order valence-corrected chi connectivity index (χ1v) is 8.38. The molecule has 0 aliphatic heterocycles. The van der Waals surface area contributed by atoms with E-state index in [0.29, 0.717) is 10.9 Å². The average molecular weight is 366 g/mol. The van der Waals surface area contributed by atoms with E-state index in [4.69, 9.17) is 4.74 Å². The largest absolute Gasteiger partial charge is 1.00 e. The predicted molar refractivity (Wildman–Crippen MR) is 85.4 cm³/mol. The van der Waals surface area contributed by atoms with Gasteiger partial charge in [0.1, 0.15) is 0 Å². The maximum absolute atomic E-state index is 11.7. The standard InChI is InChI=1S/C17H36NO2.BrH/c1-6-7-8-9-10-11-12-13-14-15-17(19)20-16(2)18(3,4)5;/h16H,6-15H2,1-5H3;1H/q+1;/p-1. The number of hydrogen-bond acceptors (Lipinski definition) is 2. The lowest BCUT2D eigenvalue weighted by Gasteiger charge is -2.30. The van der Waals surface area contributed by atoms with Gasteiger partial charge in [-0.3, -0.25) is 9.28 Å². The predicted octanol–water partition coefficient (Wildman–Crippen LogP) is 1.51. The van der Waals surface area contributed by atoms with Gasteiger partial charge in [-0.2, -0.15) is 0 Å². The van der Waals surface area contributed by atoms with Gasteiger partial charge in [-0.25, -0.2) is 0 Å². The van der Waals surface area contributed by atoms with Crippen molar-refractivity contribution in [3.8, 4) is 0 Å². The third kappa shape index (κ3) is 14.6. The molecule has 0 amide bonds. The fourth-order valence-electron chi connectivity index (χ4n) is 1.99. The zero-order valence-electron chi connectivity index (χ0n) is 14.8. The third-order valence-electron chi connectivity index (χ3n) is 3.88. The van der Waals surface area contributed by atoms with Crippen molar-refractivity contribution in [2.45, 2.75) is 84.3 Å². The van der Waals surface area contributed by atoms with Crippen LogP contribution in [-0.4, -0.2) is 37.8 Å². The van der Waals surface area contributed by atoms with Gasteiger partial charge in [0.05, 0.1) is 21.1 Å². The molecule has 0 spiro atoms. The lowest BCUT2D eigenvalue weighted by molar-refractivity contribution is -0.914. The van der Waals surface area contributed by atoms with E-state index in [0.717, 1.165) is 12.8 Å².